The van der Waals surface area contributed by atoms with E-state index in [0.29, 0.717) is 4.59 Å². The van der Waals surface area contributed by atoms with Crippen LogP contribution in [0.15, 0.2) is 17.4 Å². The molecule has 0 radical (unpaired) electrons. The summed E-state index contributed by atoms with van der Waals surface area (Å²) in [6.45, 7) is 4.81. The van der Waals surface area contributed by atoms with E-state index in [1.807, 2.05) is 12.5 Å². The second-order valence-electron chi connectivity index (χ2n) is 3.87. The van der Waals surface area contributed by atoms with Crippen LogP contribution in [0, 0.1) is 0 Å². The van der Waals surface area contributed by atoms with Gasteiger partial charge in [0.1, 0.15) is 6.54 Å². The maximum absolute atomic E-state index is 4.37. The van der Waals surface area contributed by atoms with Crippen molar-refractivity contribution >= 4 is 12.3 Å². The van der Waals surface area contributed by atoms with Crippen molar-refractivity contribution in [2.75, 3.05) is 32.8 Å². The maximum atomic E-state index is 4.37. The van der Waals surface area contributed by atoms with Gasteiger partial charge in [0.05, 0.1) is 26.0 Å². The van der Waals surface area contributed by atoms with Gasteiger partial charge in [-0.2, -0.15) is 4.98 Å². The standard InChI is InChI=1S/C9H15N6/c1-2-13-9(12-1)15(6-4-11-8-15)14-5-3-10-7-14/h1-2,8,10H,3-7H2,(H,12,13)/q+1. The maximum Gasteiger partial charge on any atom is 0.332 e. The summed E-state index contributed by atoms with van der Waals surface area (Å²) >= 11 is 0. The molecule has 3 rings (SSSR count). The van der Waals surface area contributed by atoms with Crippen LogP contribution in [-0.4, -0.2) is 54.2 Å². The number of hydrogen-bond donors (Lipinski definition) is 2. The number of nitrogens with zero attached hydrogens (tertiary/aromatic N) is 4. The molecule has 2 N–H and O–H groups in total. The van der Waals surface area contributed by atoms with Gasteiger partial charge in [0, 0.05) is 12.7 Å². The molecule has 1 unspecified atom stereocenters. The summed E-state index contributed by atoms with van der Waals surface area (Å²) < 4.78 is 0.639. The highest BCUT2D eigenvalue weighted by atomic mass is 15.8. The van der Waals surface area contributed by atoms with E-state index in [4.69, 9.17) is 0 Å². The Bertz CT molecular complexity index is 353. The minimum Gasteiger partial charge on any atom is -0.299 e. The Kier molecular flexibility index (Phi) is 2.05. The van der Waals surface area contributed by atoms with Crippen molar-refractivity contribution in [2.45, 2.75) is 0 Å². The largest absolute Gasteiger partial charge is 0.332 e. The van der Waals surface area contributed by atoms with Gasteiger partial charge in [0.15, 0.2) is 0 Å². The monoisotopic (exact) mass is 207 g/mol. The predicted molar refractivity (Wildman–Crippen MR) is 58.2 cm³/mol. The SMILES string of the molecule is C1=NCC[N+]1(c1ncc[nH]1)N1CCNC1. The van der Waals surface area contributed by atoms with E-state index in [-0.39, 0.29) is 0 Å². The van der Waals surface area contributed by atoms with Crippen molar-refractivity contribution in [3.8, 4) is 0 Å². The van der Waals surface area contributed by atoms with Crippen LogP contribution in [0.3, 0.4) is 0 Å². The van der Waals surface area contributed by atoms with E-state index in [9.17, 15) is 0 Å². The molecule has 1 aromatic rings. The minimum absolute atomic E-state index is 0.639. The van der Waals surface area contributed by atoms with Crippen molar-refractivity contribution in [1.82, 2.24) is 24.9 Å². The summed E-state index contributed by atoms with van der Waals surface area (Å²) in [7, 11) is 0. The van der Waals surface area contributed by atoms with Crippen LogP contribution in [0.25, 0.3) is 0 Å². The highest BCUT2D eigenvalue weighted by molar-refractivity contribution is 5.71. The lowest BCUT2D eigenvalue weighted by Gasteiger charge is -2.33. The van der Waals surface area contributed by atoms with Crippen LogP contribution in [0.1, 0.15) is 0 Å². The summed E-state index contributed by atoms with van der Waals surface area (Å²) in [5.41, 5.74) is 0. The second-order valence-corrected chi connectivity index (χ2v) is 3.87. The topological polar surface area (TPSA) is 56.3 Å². The quantitative estimate of drug-likeness (QED) is 0.645. The first kappa shape index (κ1) is 9.02. The van der Waals surface area contributed by atoms with E-state index in [1.165, 1.54) is 0 Å². The first-order valence-corrected chi connectivity index (χ1v) is 5.27. The van der Waals surface area contributed by atoms with Gasteiger partial charge < -0.3 is 0 Å². The van der Waals surface area contributed by atoms with Crippen molar-refractivity contribution in [1.29, 1.82) is 0 Å². The summed E-state index contributed by atoms with van der Waals surface area (Å²) in [6, 6.07) is 0. The zero-order chi connectivity index (χ0) is 10.1. The first-order chi connectivity index (χ1) is 7.42. The van der Waals surface area contributed by atoms with Gasteiger partial charge in [0.2, 0.25) is 6.34 Å². The Morgan fingerprint density at radius 1 is 1.47 bits per heavy atom. The Morgan fingerprint density at radius 2 is 2.47 bits per heavy atom. The normalized spacial score (nSPS) is 31.5. The molecule has 0 amide bonds. The number of aromatic nitrogens is 2. The van der Waals surface area contributed by atoms with E-state index in [0.717, 1.165) is 38.8 Å². The van der Waals surface area contributed by atoms with Gasteiger partial charge in [-0.3, -0.25) is 10.3 Å². The molecule has 15 heavy (non-hydrogen) atoms. The second kappa shape index (κ2) is 3.41. The smallest absolute Gasteiger partial charge is 0.299 e. The zero-order valence-corrected chi connectivity index (χ0v) is 8.56. The van der Waals surface area contributed by atoms with E-state index < -0.39 is 0 Å². The molecule has 0 aromatic carbocycles. The van der Waals surface area contributed by atoms with Crippen LogP contribution in [-0.2, 0) is 0 Å². The molecule has 1 saturated heterocycles. The third-order valence-electron chi connectivity index (χ3n) is 3.04. The van der Waals surface area contributed by atoms with Crippen LogP contribution in [0.4, 0.5) is 5.95 Å². The van der Waals surface area contributed by atoms with Crippen molar-refractivity contribution < 1.29 is 0 Å². The van der Waals surface area contributed by atoms with Gasteiger partial charge in [-0.1, -0.05) is 0 Å². The van der Waals surface area contributed by atoms with Crippen LogP contribution < -0.4 is 9.91 Å². The number of nitrogens with one attached hydrogen (secondary N) is 2. The molecule has 6 nitrogen and oxygen atoms in total. The third-order valence-corrected chi connectivity index (χ3v) is 3.04. The van der Waals surface area contributed by atoms with E-state index in [2.05, 4.69) is 25.3 Å². The fraction of sp³-hybridized carbons (Fsp3) is 0.556. The van der Waals surface area contributed by atoms with E-state index >= 15 is 0 Å². The fourth-order valence-electron chi connectivity index (χ4n) is 2.24. The van der Waals surface area contributed by atoms with E-state index in [1.54, 1.807) is 6.20 Å². The Balaban J connectivity index is 1.98. The average Bonchev–Trinajstić information content (AvgIpc) is 3.02. The number of H-pyrrole nitrogens is 1. The molecule has 2 aliphatic heterocycles. The minimum atomic E-state index is 0.639. The highest BCUT2D eigenvalue weighted by Gasteiger charge is 2.43. The Hall–Kier alpha value is -1.24. The zero-order valence-electron chi connectivity index (χ0n) is 8.56. The molecule has 3 heterocycles. The molecule has 0 saturated carbocycles. The number of quaternary nitrogens is 1. The highest BCUT2D eigenvalue weighted by Crippen LogP contribution is 2.22. The van der Waals surface area contributed by atoms with Crippen LogP contribution in [0.2, 0.25) is 0 Å². The van der Waals surface area contributed by atoms with Gasteiger partial charge >= 0.3 is 5.95 Å². The average molecular weight is 207 g/mol. The van der Waals surface area contributed by atoms with Crippen molar-refractivity contribution in [2.24, 2.45) is 4.99 Å². The molecule has 80 valence electrons. The lowest BCUT2D eigenvalue weighted by molar-refractivity contribution is 0.0879. The lowest BCUT2D eigenvalue weighted by atomic mass is 10.5. The number of rotatable bonds is 2. The molecular formula is C9H15N6+. The van der Waals surface area contributed by atoms with Crippen molar-refractivity contribution in [3.63, 3.8) is 0 Å². The number of imidazole rings is 1. The molecule has 0 aliphatic carbocycles. The summed E-state index contributed by atoms with van der Waals surface area (Å²) in [5.74, 6) is 0.958. The molecule has 0 bridgehead atoms. The van der Waals surface area contributed by atoms with Crippen molar-refractivity contribution in [3.05, 3.63) is 12.4 Å². The molecule has 0 spiro atoms. The third kappa shape index (κ3) is 1.30. The summed E-state index contributed by atoms with van der Waals surface area (Å²) in [4.78, 5) is 11.9. The number of hydrogen-bond acceptors (Lipinski definition) is 4. The van der Waals surface area contributed by atoms with Gasteiger partial charge in [-0.05, 0) is 0 Å². The molecular weight excluding hydrogens is 192 g/mol. The Morgan fingerprint density at radius 3 is 3.07 bits per heavy atom. The van der Waals surface area contributed by atoms with Gasteiger partial charge in [-0.25, -0.2) is 4.99 Å². The summed E-state index contributed by atoms with van der Waals surface area (Å²) in [6.07, 6.45) is 5.65. The van der Waals surface area contributed by atoms with Crippen LogP contribution >= 0.6 is 0 Å². The number of aromatic amines is 1. The fourth-order valence-corrected chi connectivity index (χ4v) is 2.24. The molecule has 6 heteroatoms. The van der Waals surface area contributed by atoms with Gasteiger partial charge in [-0.15, -0.1) is 9.60 Å². The lowest BCUT2D eigenvalue weighted by Crippen LogP contribution is -2.60. The number of aliphatic imine (C=N–C) groups is 1. The molecule has 1 aromatic heterocycles. The predicted octanol–water partition coefficient (Wildman–Crippen LogP) is -0.463. The van der Waals surface area contributed by atoms with Crippen LogP contribution in [0.5, 0.6) is 0 Å². The first-order valence-electron chi connectivity index (χ1n) is 5.27. The molecule has 1 atom stereocenters. The summed E-state index contributed by atoms with van der Waals surface area (Å²) in [5, 5.41) is 5.69. The van der Waals surface area contributed by atoms with Gasteiger partial charge in [0.25, 0.3) is 0 Å². The molecule has 1 fully saturated rings. The molecule has 2 aliphatic rings. The Labute approximate surface area is 88.2 Å².